The van der Waals surface area contributed by atoms with Crippen molar-refractivity contribution in [1.82, 2.24) is 0 Å². The summed E-state index contributed by atoms with van der Waals surface area (Å²) < 4.78 is 10.1. The highest BCUT2D eigenvalue weighted by Crippen LogP contribution is 2.12. The van der Waals surface area contributed by atoms with E-state index in [9.17, 15) is 0 Å². The number of hydrogen-bond donors (Lipinski definition) is 0. The largest absolute Gasteiger partial charge is 0.497 e. The molecule has 2 nitrogen and oxygen atoms in total. The summed E-state index contributed by atoms with van der Waals surface area (Å²) in [6, 6.07) is 16.5. The van der Waals surface area contributed by atoms with Crippen LogP contribution in [0.25, 0.3) is 0 Å². The zero-order valence-electron chi connectivity index (χ0n) is 14.3. The van der Waals surface area contributed by atoms with Crippen molar-refractivity contribution in [3.63, 3.8) is 0 Å². The molecule has 120 valence electrons. The Balaban J connectivity index is 0.000000220. The van der Waals surface area contributed by atoms with Crippen LogP contribution in [-0.4, -0.2) is 14.2 Å². The predicted molar refractivity (Wildman–Crippen MR) is 94.0 cm³/mol. The molecule has 0 aromatic heterocycles. The average Bonchev–Trinajstić information content (AvgIpc) is 2.57. The number of ether oxygens (including phenoxy) is 2. The monoisotopic (exact) mass is 300 g/mol. The van der Waals surface area contributed by atoms with Crippen molar-refractivity contribution in [3.05, 3.63) is 59.7 Å². The Morgan fingerprint density at radius 2 is 0.909 bits per heavy atom. The second-order valence-corrected chi connectivity index (χ2v) is 5.20. The second kappa shape index (κ2) is 10.7. The van der Waals surface area contributed by atoms with Crippen molar-refractivity contribution in [1.29, 1.82) is 0 Å². The zero-order chi connectivity index (χ0) is 16.2. The van der Waals surface area contributed by atoms with Gasteiger partial charge in [-0.05, 0) is 48.2 Å². The van der Waals surface area contributed by atoms with Gasteiger partial charge in [-0.1, -0.05) is 51.0 Å². The Labute approximate surface area is 135 Å². The summed E-state index contributed by atoms with van der Waals surface area (Å²) >= 11 is 0. The van der Waals surface area contributed by atoms with Gasteiger partial charge in [0.1, 0.15) is 11.5 Å². The third-order valence-electron chi connectivity index (χ3n) is 3.40. The fourth-order valence-electron chi connectivity index (χ4n) is 2.16. The fourth-order valence-corrected chi connectivity index (χ4v) is 2.16. The number of hydrogen-bond acceptors (Lipinski definition) is 2. The first kappa shape index (κ1) is 18.1. The molecule has 0 aliphatic carbocycles. The highest BCUT2D eigenvalue weighted by Gasteiger charge is 1.92. The molecule has 2 heteroatoms. The Hall–Kier alpha value is -1.96. The van der Waals surface area contributed by atoms with E-state index >= 15 is 0 Å². The lowest BCUT2D eigenvalue weighted by Gasteiger charge is -2.00. The minimum absolute atomic E-state index is 0.935. The molecule has 0 aliphatic heterocycles. The molecule has 0 radical (unpaired) electrons. The van der Waals surface area contributed by atoms with E-state index in [0.717, 1.165) is 24.3 Å². The van der Waals surface area contributed by atoms with Crippen LogP contribution in [0, 0.1) is 0 Å². The average molecular weight is 300 g/mol. The Morgan fingerprint density at radius 3 is 1.14 bits per heavy atom. The number of benzene rings is 2. The molecule has 22 heavy (non-hydrogen) atoms. The SMILES string of the molecule is CCCc1ccc(OC)cc1.CCCc1ccc(OC)cc1. The lowest BCUT2D eigenvalue weighted by molar-refractivity contribution is 0.414. The van der Waals surface area contributed by atoms with Crippen LogP contribution in [0.3, 0.4) is 0 Å². The maximum atomic E-state index is 5.05. The molecule has 0 unspecified atom stereocenters. The van der Waals surface area contributed by atoms with Crippen molar-refractivity contribution in [2.75, 3.05) is 14.2 Å². The molecule has 0 atom stereocenters. The first-order valence-electron chi connectivity index (χ1n) is 7.99. The molecule has 0 N–H and O–H groups in total. The van der Waals surface area contributed by atoms with Gasteiger partial charge in [0.15, 0.2) is 0 Å². The van der Waals surface area contributed by atoms with Gasteiger partial charge >= 0.3 is 0 Å². The lowest BCUT2D eigenvalue weighted by Crippen LogP contribution is -1.84. The van der Waals surface area contributed by atoms with Crippen molar-refractivity contribution >= 4 is 0 Å². The van der Waals surface area contributed by atoms with Gasteiger partial charge in [0, 0.05) is 0 Å². The third kappa shape index (κ3) is 6.66. The van der Waals surface area contributed by atoms with E-state index < -0.39 is 0 Å². The molecule has 0 bridgehead atoms. The van der Waals surface area contributed by atoms with Gasteiger partial charge in [-0.3, -0.25) is 0 Å². The molecule has 0 aliphatic rings. The molecule has 0 fully saturated rings. The van der Waals surface area contributed by atoms with Gasteiger partial charge in [-0.25, -0.2) is 0 Å². The minimum atomic E-state index is 0.935. The van der Waals surface area contributed by atoms with Crippen LogP contribution >= 0.6 is 0 Å². The Kier molecular flexibility index (Phi) is 8.82. The molecule has 0 saturated carbocycles. The van der Waals surface area contributed by atoms with Crippen LogP contribution in [0.4, 0.5) is 0 Å². The van der Waals surface area contributed by atoms with Crippen molar-refractivity contribution in [2.24, 2.45) is 0 Å². The van der Waals surface area contributed by atoms with Crippen LogP contribution in [0.15, 0.2) is 48.5 Å². The topological polar surface area (TPSA) is 18.5 Å². The van der Waals surface area contributed by atoms with Gasteiger partial charge in [-0.2, -0.15) is 0 Å². The minimum Gasteiger partial charge on any atom is -0.497 e. The quantitative estimate of drug-likeness (QED) is 0.721. The summed E-state index contributed by atoms with van der Waals surface area (Å²) in [6.07, 6.45) is 4.71. The summed E-state index contributed by atoms with van der Waals surface area (Å²) in [4.78, 5) is 0. The second-order valence-electron chi connectivity index (χ2n) is 5.20. The van der Waals surface area contributed by atoms with Gasteiger partial charge in [0.2, 0.25) is 0 Å². The molecule has 0 saturated heterocycles. The van der Waals surface area contributed by atoms with Gasteiger partial charge in [0.25, 0.3) is 0 Å². The van der Waals surface area contributed by atoms with Gasteiger partial charge in [0.05, 0.1) is 14.2 Å². The number of methoxy groups -OCH3 is 2. The Morgan fingerprint density at radius 1 is 0.591 bits per heavy atom. The zero-order valence-corrected chi connectivity index (χ0v) is 14.3. The molecule has 2 rings (SSSR count). The normalized spacial score (nSPS) is 9.64. The molecular weight excluding hydrogens is 272 g/mol. The molecule has 2 aromatic carbocycles. The van der Waals surface area contributed by atoms with Crippen LogP contribution in [0.2, 0.25) is 0 Å². The summed E-state index contributed by atoms with van der Waals surface area (Å²) in [5, 5.41) is 0. The van der Waals surface area contributed by atoms with E-state index in [1.54, 1.807) is 14.2 Å². The summed E-state index contributed by atoms with van der Waals surface area (Å²) in [7, 11) is 3.38. The van der Waals surface area contributed by atoms with Crippen LogP contribution in [0.5, 0.6) is 11.5 Å². The third-order valence-corrected chi connectivity index (χ3v) is 3.40. The van der Waals surface area contributed by atoms with Crippen LogP contribution in [0.1, 0.15) is 37.8 Å². The van der Waals surface area contributed by atoms with E-state index in [1.807, 2.05) is 24.3 Å². The molecule has 2 aromatic rings. The highest BCUT2D eigenvalue weighted by atomic mass is 16.5. The van der Waals surface area contributed by atoms with Crippen molar-refractivity contribution in [3.8, 4) is 11.5 Å². The van der Waals surface area contributed by atoms with E-state index in [4.69, 9.17) is 9.47 Å². The molecule has 0 heterocycles. The van der Waals surface area contributed by atoms with Crippen molar-refractivity contribution < 1.29 is 9.47 Å². The van der Waals surface area contributed by atoms with Crippen LogP contribution in [-0.2, 0) is 12.8 Å². The molecule has 0 spiro atoms. The molecule has 0 amide bonds. The smallest absolute Gasteiger partial charge is 0.118 e. The summed E-state index contributed by atoms with van der Waals surface area (Å²) in [5.41, 5.74) is 2.77. The summed E-state index contributed by atoms with van der Waals surface area (Å²) in [6.45, 7) is 4.37. The first-order chi connectivity index (χ1) is 10.7. The number of aryl methyl sites for hydroxylation is 2. The maximum Gasteiger partial charge on any atom is 0.118 e. The van der Waals surface area contributed by atoms with Crippen LogP contribution < -0.4 is 9.47 Å². The standard InChI is InChI=1S/2C10H14O/c2*1-3-4-9-5-7-10(11-2)8-6-9/h2*5-8H,3-4H2,1-2H3. The molecular formula is C20H28O2. The van der Waals surface area contributed by atoms with Gasteiger partial charge in [-0.15, -0.1) is 0 Å². The van der Waals surface area contributed by atoms with Crippen molar-refractivity contribution in [2.45, 2.75) is 39.5 Å². The summed E-state index contributed by atoms with van der Waals surface area (Å²) in [5.74, 6) is 1.87. The first-order valence-corrected chi connectivity index (χ1v) is 7.99. The maximum absolute atomic E-state index is 5.05. The van der Waals surface area contributed by atoms with E-state index in [1.165, 1.54) is 24.0 Å². The highest BCUT2D eigenvalue weighted by molar-refractivity contribution is 5.27. The van der Waals surface area contributed by atoms with E-state index in [-0.39, 0.29) is 0 Å². The predicted octanol–water partition coefficient (Wildman–Crippen LogP) is 5.30. The van der Waals surface area contributed by atoms with Gasteiger partial charge < -0.3 is 9.47 Å². The lowest BCUT2D eigenvalue weighted by atomic mass is 10.1. The fraction of sp³-hybridized carbons (Fsp3) is 0.400. The van der Waals surface area contributed by atoms with E-state index in [2.05, 4.69) is 38.1 Å². The number of rotatable bonds is 6. The van der Waals surface area contributed by atoms with E-state index in [0.29, 0.717) is 0 Å². The Bertz CT molecular complexity index is 451.